The average Bonchev–Trinajstić information content (AvgIpc) is 3.01. The summed E-state index contributed by atoms with van der Waals surface area (Å²) >= 11 is 6.22. The molecule has 7 heteroatoms. The Morgan fingerprint density at radius 1 is 1.00 bits per heavy atom. The lowest BCUT2D eigenvalue weighted by Crippen LogP contribution is -2.32. The van der Waals surface area contributed by atoms with Crippen LogP contribution in [0.25, 0.3) is 0 Å². The fourth-order valence-corrected chi connectivity index (χ4v) is 3.50. The van der Waals surface area contributed by atoms with Crippen LogP contribution in [0, 0.1) is 0 Å². The van der Waals surface area contributed by atoms with Crippen molar-refractivity contribution in [3.8, 4) is 0 Å². The number of hydrogen-bond acceptors (Lipinski definition) is 5. The zero-order valence-corrected chi connectivity index (χ0v) is 19.1. The van der Waals surface area contributed by atoms with Crippen molar-refractivity contribution in [2.45, 2.75) is 46.0 Å². The summed E-state index contributed by atoms with van der Waals surface area (Å²) in [6.45, 7) is 4.46. The highest BCUT2D eigenvalue weighted by Crippen LogP contribution is 2.30. The number of amides is 2. The molecule has 0 aromatic heterocycles. The van der Waals surface area contributed by atoms with Gasteiger partial charge in [0.05, 0.1) is 17.9 Å². The van der Waals surface area contributed by atoms with Gasteiger partial charge in [0.2, 0.25) is 0 Å². The van der Waals surface area contributed by atoms with E-state index in [2.05, 4.69) is 12.2 Å². The number of nitrogens with one attached hydrogen (secondary N) is 1. The van der Waals surface area contributed by atoms with E-state index < -0.39 is 17.8 Å². The molecule has 0 spiro atoms. The third-order valence-corrected chi connectivity index (χ3v) is 5.49. The second kappa shape index (κ2) is 11.0. The Morgan fingerprint density at radius 2 is 1.72 bits per heavy atom. The van der Waals surface area contributed by atoms with Crippen LogP contribution in [0.2, 0.25) is 0 Å². The summed E-state index contributed by atoms with van der Waals surface area (Å²) in [6.07, 6.45) is 4.89. The molecule has 0 saturated carbocycles. The molecule has 2 aromatic carbocycles. The van der Waals surface area contributed by atoms with Crippen molar-refractivity contribution in [2.75, 3.05) is 16.8 Å². The van der Waals surface area contributed by atoms with Crippen molar-refractivity contribution in [1.29, 1.82) is 0 Å². The van der Waals surface area contributed by atoms with E-state index in [4.69, 9.17) is 16.3 Å². The van der Waals surface area contributed by atoms with Crippen molar-refractivity contribution in [3.05, 3.63) is 70.4 Å². The number of esters is 1. The van der Waals surface area contributed by atoms with Gasteiger partial charge in [-0.3, -0.25) is 9.59 Å². The third-order valence-electron chi connectivity index (χ3n) is 5.14. The minimum Gasteiger partial charge on any atom is -0.462 e. The number of unbranched alkanes of at least 4 members (excludes halogenated alkanes) is 2. The van der Waals surface area contributed by atoms with Gasteiger partial charge >= 0.3 is 5.97 Å². The summed E-state index contributed by atoms with van der Waals surface area (Å²) in [5, 5.41) is 2.78. The van der Waals surface area contributed by atoms with Gasteiger partial charge in [-0.25, -0.2) is 9.69 Å². The number of anilines is 2. The Morgan fingerprint density at radius 3 is 2.41 bits per heavy atom. The number of ether oxygens (including phenoxy) is 1. The molecule has 1 aliphatic rings. The first-order valence-corrected chi connectivity index (χ1v) is 11.3. The first-order chi connectivity index (χ1) is 15.5. The molecular formula is C25H27ClN2O4. The van der Waals surface area contributed by atoms with E-state index in [1.807, 2.05) is 31.2 Å². The standard InChI is InChI=1S/C25H27ClN2O4/c1-3-5-8-17-11-13-19(14-12-17)27-22-21(26)23(29)28(24(22)30)20-10-7-9-18(16-20)25(31)32-15-6-4-2/h7,9-14,16,27H,3-6,8,15H2,1-2H3. The predicted molar refractivity (Wildman–Crippen MR) is 126 cm³/mol. The zero-order chi connectivity index (χ0) is 23.1. The van der Waals surface area contributed by atoms with Crippen LogP contribution in [0.15, 0.2) is 59.3 Å². The maximum atomic E-state index is 13.0. The summed E-state index contributed by atoms with van der Waals surface area (Å²) in [6, 6.07) is 13.9. The number of nitrogens with zero attached hydrogens (tertiary/aromatic N) is 1. The number of imide groups is 1. The Kier molecular flexibility index (Phi) is 8.06. The van der Waals surface area contributed by atoms with Gasteiger partial charge in [0.25, 0.3) is 11.8 Å². The first kappa shape index (κ1) is 23.5. The van der Waals surface area contributed by atoms with Crippen LogP contribution in [0.4, 0.5) is 11.4 Å². The number of rotatable bonds is 10. The number of aryl methyl sites for hydroxylation is 1. The van der Waals surface area contributed by atoms with Gasteiger partial charge in [0.15, 0.2) is 0 Å². The molecule has 0 fully saturated rings. The predicted octanol–water partition coefficient (Wildman–Crippen LogP) is 5.42. The molecule has 6 nitrogen and oxygen atoms in total. The molecule has 2 amide bonds. The molecule has 32 heavy (non-hydrogen) atoms. The van der Waals surface area contributed by atoms with Crippen LogP contribution < -0.4 is 10.2 Å². The molecule has 0 bridgehead atoms. The van der Waals surface area contributed by atoms with Crippen molar-refractivity contribution in [2.24, 2.45) is 0 Å². The maximum absolute atomic E-state index is 13.0. The molecule has 1 heterocycles. The van der Waals surface area contributed by atoms with Gasteiger partial charge < -0.3 is 10.1 Å². The van der Waals surface area contributed by atoms with Gasteiger partial charge in [-0.15, -0.1) is 0 Å². The van der Waals surface area contributed by atoms with Crippen LogP contribution in [0.3, 0.4) is 0 Å². The lowest BCUT2D eigenvalue weighted by atomic mass is 10.1. The van der Waals surface area contributed by atoms with Crippen LogP contribution in [-0.2, 0) is 20.7 Å². The highest BCUT2D eigenvalue weighted by molar-refractivity contribution is 6.53. The lowest BCUT2D eigenvalue weighted by molar-refractivity contribution is -0.120. The molecule has 0 aliphatic carbocycles. The highest BCUT2D eigenvalue weighted by atomic mass is 35.5. The Labute approximate surface area is 193 Å². The van der Waals surface area contributed by atoms with E-state index in [1.54, 1.807) is 18.2 Å². The molecular weight excluding hydrogens is 428 g/mol. The third kappa shape index (κ3) is 5.37. The minimum absolute atomic E-state index is 0.00824. The molecule has 0 radical (unpaired) electrons. The summed E-state index contributed by atoms with van der Waals surface area (Å²) in [5.74, 6) is -1.72. The van der Waals surface area contributed by atoms with E-state index in [9.17, 15) is 14.4 Å². The van der Waals surface area contributed by atoms with Crippen LogP contribution in [-0.4, -0.2) is 24.4 Å². The van der Waals surface area contributed by atoms with Gasteiger partial charge in [0.1, 0.15) is 10.7 Å². The molecule has 1 aliphatic heterocycles. The fourth-order valence-electron chi connectivity index (χ4n) is 3.29. The average molecular weight is 455 g/mol. The van der Waals surface area contributed by atoms with E-state index in [1.165, 1.54) is 11.6 Å². The van der Waals surface area contributed by atoms with Gasteiger partial charge in [-0.1, -0.05) is 56.5 Å². The van der Waals surface area contributed by atoms with E-state index in [0.29, 0.717) is 12.3 Å². The SMILES string of the molecule is CCCCOC(=O)c1cccc(N2C(=O)C(Cl)=C(Nc3ccc(CCCC)cc3)C2=O)c1. The number of halogens is 1. The van der Waals surface area contributed by atoms with Gasteiger partial charge in [0, 0.05) is 5.69 Å². The van der Waals surface area contributed by atoms with Crippen molar-refractivity contribution in [1.82, 2.24) is 0 Å². The Balaban J connectivity index is 1.75. The smallest absolute Gasteiger partial charge is 0.338 e. The molecule has 0 unspecified atom stereocenters. The fraction of sp³-hybridized carbons (Fsp3) is 0.320. The molecule has 3 rings (SSSR count). The number of benzene rings is 2. The van der Waals surface area contributed by atoms with E-state index >= 15 is 0 Å². The van der Waals surface area contributed by atoms with E-state index in [0.717, 1.165) is 37.0 Å². The summed E-state index contributed by atoms with van der Waals surface area (Å²) in [7, 11) is 0. The topological polar surface area (TPSA) is 75.7 Å². The first-order valence-electron chi connectivity index (χ1n) is 10.9. The Hall–Kier alpha value is -3.12. The maximum Gasteiger partial charge on any atom is 0.338 e. The van der Waals surface area contributed by atoms with Crippen molar-refractivity contribution >= 4 is 40.8 Å². The van der Waals surface area contributed by atoms with Crippen LogP contribution >= 0.6 is 11.6 Å². The van der Waals surface area contributed by atoms with Gasteiger partial charge in [-0.05, 0) is 55.2 Å². The molecule has 0 saturated heterocycles. The second-order valence-corrected chi connectivity index (χ2v) is 7.98. The number of carbonyl (C=O) groups excluding carboxylic acids is 3. The summed E-state index contributed by atoms with van der Waals surface area (Å²) in [4.78, 5) is 39.0. The second-order valence-electron chi connectivity index (χ2n) is 7.60. The molecule has 168 valence electrons. The normalized spacial score (nSPS) is 13.7. The quantitative estimate of drug-likeness (QED) is 0.294. The van der Waals surface area contributed by atoms with Crippen LogP contribution in [0.5, 0.6) is 0 Å². The number of carbonyl (C=O) groups is 3. The Bertz CT molecular complexity index is 1030. The van der Waals surface area contributed by atoms with E-state index in [-0.39, 0.29) is 22.0 Å². The molecule has 0 atom stereocenters. The number of hydrogen-bond donors (Lipinski definition) is 1. The largest absolute Gasteiger partial charge is 0.462 e. The molecule has 2 aromatic rings. The molecule has 1 N–H and O–H groups in total. The van der Waals surface area contributed by atoms with Crippen LogP contribution in [0.1, 0.15) is 55.5 Å². The highest BCUT2D eigenvalue weighted by Gasteiger charge is 2.39. The summed E-state index contributed by atoms with van der Waals surface area (Å²) in [5.41, 5.74) is 2.40. The van der Waals surface area contributed by atoms with Crippen molar-refractivity contribution in [3.63, 3.8) is 0 Å². The van der Waals surface area contributed by atoms with Gasteiger partial charge in [-0.2, -0.15) is 0 Å². The van der Waals surface area contributed by atoms with Crippen molar-refractivity contribution < 1.29 is 19.1 Å². The zero-order valence-electron chi connectivity index (χ0n) is 18.3. The minimum atomic E-state index is -0.643. The monoisotopic (exact) mass is 454 g/mol. The summed E-state index contributed by atoms with van der Waals surface area (Å²) < 4.78 is 5.22. The lowest BCUT2D eigenvalue weighted by Gasteiger charge is -2.16.